The molecule has 0 spiro atoms. The molecule has 5 heteroatoms. The molecule has 2 unspecified atom stereocenters. The predicted octanol–water partition coefficient (Wildman–Crippen LogP) is -0.892. The average molecular weight is 212 g/mol. The van der Waals surface area contributed by atoms with Gasteiger partial charge in [0.15, 0.2) is 0 Å². The highest BCUT2D eigenvalue weighted by atomic mass is 16.3. The molecule has 0 aliphatic carbocycles. The van der Waals surface area contributed by atoms with Crippen LogP contribution in [0, 0.1) is 0 Å². The normalized spacial score (nSPS) is 12.9. The van der Waals surface area contributed by atoms with Crippen molar-refractivity contribution in [3.05, 3.63) is 0 Å². The SMILES string of the molecule is CC(O)CCO.CC(O)CO.CCO. The molecule has 2 atom stereocenters. The number of aliphatic hydroxyl groups is 5. The number of hydrogen-bond acceptors (Lipinski definition) is 5. The van der Waals surface area contributed by atoms with Crippen LogP contribution in [0.15, 0.2) is 0 Å². The molecule has 0 aliphatic rings. The molecule has 0 aromatic heterocycles. The largest absolute Gasteiger partial charge is 0.397 e. The lowest BCUT2D eigenvalue weighted by Crippen LogP contribution is -2.03. The van der Waals surface area contributed by atoms with E-state index in [1.165, 1.54) is 6.92 Å². The monoisotopic (exact) mass is 212 g/mol. The van der Waals surface area contributed by atoms with E-state index in [-0.39, 0.29) is 25.9 Å². The smallest absolute Gasteiger partial charge is 0.0742 e. The van der Waals surface area contributed by atoms with Crippen molar-refractivity contribution in [3.8, 4) is 0 Å². The van der Waals surface area contributed by atoms with Gasteiger partial charge in [0.05, 0.1) is 18.8 Å². The molecule has 0 saturated carbocycles. The highest BCUT2D eigenvalue weighted by molar-refractivity contribution is 4.40. The van der Waals surface area contributed by atoms with Crippen molar-refractivity contribution in [2.24, 2.45) is 0 Å². The van der Waals surface area contributed by atoms with Crippen LogP contribution in [-0.4, -0.2) is 57.6 Å². The maximum atomic E-state index is 8.39. The van der Waals surface area contributed by atoms with E-state index in [2.05, 4.69) is 0 Å². The van der Waals surface area contributed by atoms with Crippen molar-refractivity contribution >= 4 is 0 Å². The summed E-state index contributed by atoms with van der Waals surface area (Å²) in [4.78, 5) is 0. The van der Waals surface area contributed by atoms with Crippen molar-refractivity contribution < 1.29 is 25.5 Å². The summed E-state index contributed by atoms with van der Waals surface area (Å²) in [5.41, 5.74) is 0. The van der Waals surface area contributed by atoms with Crippen LogP contribution < -0.4 is 0 Å². The first-order valence-electron chi connectivity index (χ1n) is 4.64. The summed E-state index contributed by atoms with van der Waals surface area (Å²) in [6.07, 6.45) is -0.426. The lowest BCUT2D eigenvalue weighted by molar-refractivity contribution is 0.110. The molecule has 0 aliphatic heterocycles. The summed E-state index contributed by atoms with van der Waals surface area (Å²) in [7, 11) is 0. The van der Waals surface area contributed by atoms with Gasteiger partial charge in [-0.15, -0.1) is 0 Å². The highest BCUT2D eigenvalue weighted by Crippen LogP contribution is 1.83. The van der Waals surface area contributed by atoms with Gasteiger partial charge in [-0.05, 0) is 27.2 Å². The van der Waals surface area contributed by atoms with Crippen LogP contribution >= 0.6 is 0 Å². The van der Waals surface area contributed by atoms with Crippen LogP contribution in [-0.2, 0) is 0 Å². The molecule has 0 aromatic rings. The molecule has 5 nitrogen and oxygen atoms in total. The van der Waals surface area contributed by atoms with Gasteiger partial charge in [0, 0.05) is 13.2 Å². The van der Waals surface area contributed by atoms with E-state index < -0.39 is 6.10 Å². The zero-order valence-electron chi connectivity index (χ0n) is 9.22. The van der Waals surface area contributed by atoms with Crippen LogP contribution in [0.5, 0.6) is 0 Å². The molecule has 0 saturated heterocycles. The fraction of sp³-hybridized carbons (Fsp3) is 1.00. The summed E-state index contributed by atoms with van der Waals surface area (Å²) in [5.74, 6) is 0. The molecule has 14 heavy (non-hydrogen) atoms. The van der Waals surface area contributed by atoms with Gasteiger partial charge in [-0.3, -0.25) is 0 Å². The van der Waals surface area contributed by atoms with Crippen LogP contribution in [0.1, 0.15) is 27.2 Å². The number of aliphatic hydroxyl groups excluding tert-OH is 5. The second-order valence-corrected chi connectivity index (χ2v) is 2.71. The van der Waals surface area contributed by atoms with Crippen LogP contribution in [0.25, 0.3) is 0 Å². The van der Waals surface area contributed by atoms with E-state index >= 15 is 0 Å². The zero-order chi connectivity index (χ0) is 12.0. The van der Waals surface area contributed by atoms with E-state index in [0.29, 0.717) is 6.42 Å². The van der Waals surface area contributed by atoms with Gasteiger partial charge in [0.2, 0.25) is 0 Å². The molecule has 0 amide bonds. The second kappa shape index (κ2) is 18.6. The Morgan fingerprint density at radius 1 is 0.929 bits per heavy atom. The van der Waals surface area contributed by atoms with Crippen molar-refractivity contribution in [2.75, 3.05) is 19.8 Å². The first-order valence-corrected chi connectivity index (χ1v) is 4.64. The third-order valence-corrected chi connectivity index (χ3v) is 0.811. The quantitative estimate of drug-likeness (QED) is 0.418. The Balaban J connectivity index is -0.000000138. The standard InChI is InChI=1S/C4H10O2.C3H8O2.C2H6O/c1-4(6)2-3-5;1-3(5)2-4;1-2-3/h4-6H,2-3H2,1H3;3-5H,2H2,1H3;3H,2H2,1H3. The van der Waals surface area contributed by atoms with E-state index in [9.17, 15) is 0 Å². The van der Waals surface area contributed by atoms with Crippen LogP contribution in [0.4, 0.5) is 0 Å². The molecule has 0 heterocycles. The molecular weight excluding hydrogens is 188 g/mol. The predicted molar refractivity (Wildman–Crippen MR) is 54.9 cm³/mol. The van der Waals surface area contributed by atoms with Crippen molar-refractivity contribution in [1.82, 2.24) is 0 Å². The van der Waals surface area contributed by atoms with Gasteiger partial charge in [0.25, 0.3) is 0 Å². The van der Waals surface area contributed by atoms with E-state index in [4.69, 9.17) is 25.5 Å². The van der Waals surface area contributed by atoms with E-state index in [0.717, 1.165) is 0 Å². The first kappa shape index (κ1) is 19.4. The molecule has 0 bridgehead atoms. The zero-order valence-corrected chi connectivity index (χ0v) is 9.22. The second-order valence-electron chi connectivity index (χ2n) is 2.71. The minimum atomic E-state index is -0.560. The minimum Gasteiger partial charge on any atom is -0.397 e. The fourth-order valence-corrected chi connectivity index (χ4v) is 0.187. The molecule has 0 rings (SSSR count). The minimum absolute atomic E-state index is 0.0810. The summed E-state index contributed by atoms with van der Waals surface area (Å²) in [6, 6.07) is 0. The van der Waals surface area contributed by atoms with Crippen molar-refractivity contribution in [1.29, 1.82) is 0 Å². The Bertz CT molecular complexity index is 75.6. The molecular formula is C9H24O5. The fourth-order valence-electron chi connectivity index (χ4n) is 0.187. The van der Waals surface area contributed by atoms with Gasteiger partial charge in [-0.2, -0.15) is 0 Å². The number of hydrogen-bond donors (Lipinski definition) is 5. The first-order chi connectivity index (χ1) is 6.45. The lowest BCUT2D eigenvalue weighted by Gasteiger charge is -1.95. The van der Waals surface area contributed by atoms with E-state index in [1.54, 1.807) is 13.8 Å². The topological polar surface area (TPSA) is 101 Å². The van der Waals surface area contributed by atoms with Gasteiger partial charge < -0.3 is 25.5 Å². The third kappa shape index (κ3) is 59.7. The molecule has 0 radical (unpaired) electrons. The van der Waals surface area contributed by atoms with Gasteiger partial charge >= 0.3 is 0 Å². The van der Waals surface area contributed by atoms with Gasteiger partial charge in [-0.25, -0.2) is 0 Å². The Hall–Kier alpha value is -0.200. The maximum Gasteiger partial charge on any atom is 0.0742 e. The Morgan fingerprint density at radius 2 is 1.21 bits per heavy atom. The summed E-state index contributed by atoms with van der Waals surface area (Å²) >= 11 is 0. The van der Waals surface area contributed by atoms with E-state index in [1.807, 2.05) is 0 Å². The Morgan fingerprint density at radius 3 is 1.21 bits per heavy atom. The summed E-state index contributed by atoms with van der Waals surface area (Å²) < 4.78 is 0. The van der Waals surface area contributed by atoms with Crippen LogP contribution in [0.3, 0.4) is 0 Å². The highest BCUT2D eigenvalue weighted by Gasteiger charge is 1.88. The third-order valence-electron chi connectivity index (χ3n) is 0.811. The van der Waals surface area contributed by atoms with Gasteiger partial charge in [0.1, 0.15) is 0 Å². The van der Waals surface area contributed by atoms with Crippen LogP contribution in [0.2, 0.25) is 0 Å². The molecule has 5 N–H and O–H groups in total. The Kier molecular flexibility index (Phi) is 25.7. The number of rotatable bonds is 3. The lowest BCUT2D eigenvalue weighted by atomic mass is 10.3. The van der Waals surface area contributed by atoms with Crippen molar-refractivity contribution in [3.63, 3.8) is 0 Å². The van der Waals surface area contributed by atoms with Gasteiger partial charge in [-0.1, -0.05) is 0 Å². The molecule has 90 valence electrons. The molecule has 0 aromatic carbocycles. The maximum absolute atomic E-state index is 8.39. The Labute approximate surface area is 85.6 Å². The summed E-state index contributed by atoms with van der Waals surface area (Å²) in [6.45, 7) is 5.05. The average Bonchev–Trinajstić information content (AvgIpc) is 2.06. The van der Waals surface area contributed by atoms with Crippen molar-refractivity contribution in [2.45, 2.75) is 39.4 Å². The summed E-state index contributed by atoms with van der Waals surface area (Å²) in [5, 5.41) is 40.0. The molecule has 0 fully saturated rings.